The van der Waals surface area contributed by atoms with E-state index >= 15 is 0 Å². The Kier molecular flexibility index (Phi) is 61.2. The maximum absolute atomic E-state index is 12.9. The van der Waals surface area contributed by atoms with Crippen LogP contribution in [0.2, 0.25) is 0 Å². The van der Waals surface area contributed by atoms with E-state index in [9.17, 15) is 14.4 Å². The second-order valence-electron chi connectivity index (χ2n) is 22.0. The fourth-order valence-electron chi connectivity index (χ4n) is 9.50. The molecule has 0 fully saturated rings. The van der Waals surface area contributed by atoms with E-state index in [2.05, 4.69) is 81.5 Å². The Balaban J connectivity index is 4.20. The van der Waals surface area contributed by atoms with Crippen LogP contribution >= 0.6 is 0 Å². The van der Waals surface area contributed by atoms with Crippen molar-refractivity contribution < 1.29 is 28.6 Å². The highest BCUT2D eigenvalue weighted by Gasteiger charge is 2.19. The van der Waals surface area contributed by atoms with Crippen LogP contribution in [0.3, 0.4) is 0 Å². The van der Waals surface area contributed by atoms with Gasteiger partial charge in [0.05, 0.1) is 0 Å². The molecule has 1 unspecified atom stereocenters. The first-order chi connectivity index (χ1) is 37.0. The summed E-state index contributed by atoms with van der Waals surface area (Å²) in [5.74, 6) is -0.881. The molecule has 0 saturated carbocycles. The molecule has 0 N–H and O–H groups in total. The number of hydrogen-bond donors (Lipinski definition) is 0. The van der Waals surface area contributed by atoms with Gasteiger partial charge in [0.25, 0.3) is 0 Å². The largest absolute Gasteiger partial charge is 0.462 e. The molecule has 0 radical (unpaired) electrons. The number of hydrogen-bond acceptors (Lipinski definition) is 6. The van der Waals surface area contributed by atoms with Crippen molar-refractivity contribution >= 4 is 17.9 Å². The van der Waals surface area contributed by atoms with E-state index in [-0.39, 0.29) is 31.1 Å². The third kappa shape index (κ3) is 61.8. The highest BCUT2D eigenvalue weighted by atomic mass is 16.6. The molecule has 0 aromatic heterocycles. The number of rotatable bonds is 60. The molecular formula is C69H124O6. The molecular weight excluding hydrogens is 925 g/mol. The van der Waals surface area contributed by atoms with Gasteiger partial charge in [-0.1, -0.05) is 274 Å². The van der Waals surface area contributed by atoms with E-state index in [0.717, 1.165) is 83.5 Å². The Morgan fingerprint density at radius 1 is 0.267 bits per heavy atom. The highest BCUT2D eigenvalue weighted by Crippen LogP contribution is 2.17. The lowest BCUT2D eigenvalue weighted by Gasteiger charge is -2.18. The normalized spacial score (nSPS) is 12.4. The van der Waals surface area contributed by atoms with Gasteiger partial charge in [-0.25, -0.2) is 0 Å². The Morgan fingerprint density at radius 2 is 0.480 bits per heavy atom. The molecule has 0 aliphatic rings. The lowest BCUT2D eigenvalue weighted by atomic mass is 10.0. The van der Waals surface area contributed by atoms with Crippen LogP contribution in [-0.4, -0.2) is 37.2 Å². The van der Waals surface area contributed by atoms with Crippen LogP contribution in [-0.2, 0) is 28.6 Å². The Bertz CT molecular complexity index is 1340. The summed E-state index contributed by atoms with van der Waals surface area (Å²) in [7, 11) is 0. The van der Waals surface area contributed by atoms with Crippen LogP contribution in [0.25, 0.3) is 0 Å². The molecule has 75 heavy (non-hydrogen) atoms. The first-order valence-corrected chi connectivity index (χ1v) is 32.8. The van der Waals surface area contributed by atoms with E-state index in [1.807, 2.05) is 0 Å². The third-order valence-corrected chi connectivity index (χ3v) is 14.5. The van der Waals surface area contributed by atoms with Crippen molar-refractivity contribution in [3.63, 3.8) is 0 Å². The standard InChI is InChI=1S/C69H124O6/c1-4-7-10-13-16-19-22-25-27-29-30-31-32-33-34-35-36-37-38-39-40-41-43-44-47-50-53-56-59-62-68(71)74-65-66(64-73-67(70)61-58-55-52-49-46-24-21-18-15-12-9-6-3)75-69(72)63-60-57-54-51-48-45-42-28-26-23-20-17-14-11-8-5-2/h18,21-22,25,28-30,32-33,42,66H,4-17,19-20,23-24,26-27,31,34-41,43-65H2,1-3H3/b21-18-,25-22-,30-29-,33-32-,42-28-. The number of esters is 3. The lowest BCUT2D eigenvalue weighted by Crippen LogP contribution is -2.30. The second-order valence-corrected chi connectivity index (χ2v) is 22.0. The summed E-state index contributed by atoms with van der Waals surface area (Å²) in [6, 6.07) is 0. The molecule has 0 bridgehead atoms. The summed E-state index contributed by atoms with van der Waals surface area (Å²) in [5, 5.41) is 0. The molecule has 0 spiro atoms. The van der Waals surface area contributed by atoms with Gasteiger partial charge in [-0.2, -0.15) is 0 Å². The summed E-state index contributed by atoms with van der Waals surface area (Å²) in [6.45, 7) is 6.62. The number of carbonyl (C=O) groups excluding carboxylic acids is 3. The number of unbranched alkanes of at least 4 members (excludes halogenated alkanes) is 39. The molecule has 1 atom stereocenters. The molecule has 0 amide bonds. The van der Waals surface area contributed by atoms with Gasteiger partial charge in [-0.3, -0.25) is 14.4 Å². The van der Waals surface area contributed by atoms with Crippen molar-refractivity contribution in [3.8, 4) is 0 Å². The molecule has 0 aliphatic heterocycles. The van der Waals surface area contributed by atoms with Gasteiger partial charge in [-0.15, -0.1) is 0 Å². The monoisotopic (exact) mass is 1050 g/mol. The van der Waals surface area contributed by atoms with Gasteiger partial charge in [0.15, 0.2) is 6.10 Å². The van der Waals surface area contributed by atoms with E-state index in [0.29, 0.717) is 19.3 Å². The molecule has 0 saturated heterocycles. The first-order valence-electron chi connectivity index (χ1n) is 32.8. The average molecular weight is 1050 g/mol. The van der Waals surface area contributed by atoms with E-state index < -0.39 is 6.10 Å². The smallest absolute Gasteiger partial charge is 0.306 e. The van der Waals surface area contributed by atoms with Crippen molar-refractivity contribution in [2.75, 3.05) is 13.2 Å². The Hall–Kier alpha value is -2.89. The maximum Gasteiger partial charge on any atom is 0.306 e. The predicted molar refractivity (Wildman–Crippen MR) is 325 cm³/mol. The third-order valence-electron chi connectivity index (χ3n) is 14.5. The van der Waals surface area contributed by atoms with E-state index in [1.165, 1.54) is 218 Å². The predicted octanol–water partition coefficient (Wildman–Crippen LogP) is 22.3. The summed E-state index contributed by atoms with van der Waals surface area (Å²) in [4.78, 5) is 38.2. The second kappa shape index (κ2) is 63.6. The molecule has 0 aromatic rings. The minimum Gasteiger partial charge on any atom is -0.462 e. The fourth-order valence-corrected chi connectivity index (χ4v) is 9.50. The van der Waals surface area contributed by atoms with Crippen molar-refractivity contribution in [3.05, 3.63) is 60.8 Å². The lowest BCUT2D eigenvalue weighted by molar-refractivity contribution is -0.167. The first kappa shape index (κ1) is 72.1. The maximum atomic E-state index is 12.9. The van der Waals surface area contributed by atoms with Crippen molar-refractivity contribution in [2.24, 2.45) is 0 Å². The van der Waals surface area contributed by atoms with Crippen molar-refractivity contribution in [1.29, 1.82) is 0 Å². The average Bonchev–Trinajstić information content (AvgIpc) is 3.41. The zero-order valence-electron chi connectivity index (χ0n) is 50.1. The molecule has 0 aromatic carbocycles. The molecule has 6 nitrogen and oxygen atoms in total. The van der Waals surface area contributed by atoms with Crippen LogP contribution in [0.1, 0.15) is 342 Å². The van der Waals surface area contributed by atoms with Crippen LogP contribution in [0, 0.1) is 0 Å². The van der Waals surface area contributed by atoms with Gasteiger partial charge >= 0.3 is 17.9 Å². The highest BCUT2D eigenvalue weighted by molar-refractivity contribution is 5.71. The summed E-state index contributed by atoms with van der Waals surface area (Å²) in [6.07, 6.45) is 80.9. The van der Waals surface area contributed by atoms with Crippen LogP contribution < -0.4 is 0 Å². The summed E-state index contributed by atoms with van der Waals surface area (Å²) < 4.78 is 16.9. The minimum atomic E-state index is -0.781. The van der Waals surface area contributed by atoms with Gasteiger partial charge in [-0.05, 0) is 109 Å². The number of carbonyl (C=O) groups is 3. The SMILES string of the molecule is CCCCC/C=C\CCCCCCCC(=O)OCC(COC(=O)CCCCCCCCCCCCCCCC/C=C\C/C=C\C/C=C\CCCCCCC)OC(=O)CCCCCCC/C=C\CCCCCCCCC. The summed E-state index contributed by atoms with van der Waals surface area (Å²) >= 11 is 0. The fraction of sp³-hybridized carbons (Fsp3) is 0.812. The van der Waals surface area contributed by atoms with Gasteiger partial charge < -0.3 is 14.2 Å². The molecule has 0 aliphatic carbocycles. The summed E-state index contributed by atoms with van der Waals surface area (Å²) in [5.41, 5.74) is 0. The van der Waals surface area contributed by atoms with Crippen LogP contribution in [0.4, 0.5) is 0 Å². The van der Waals surface area contributed by atoms with Crippen LogP contribution in [0.5, 0.6) is 0 Å². The Morgan fingerprint density at radius 3 is 0.787 bits per heavy atom. The number of ether oxygens (including phenoxy) is 3. The van der Waals surface area contributed by atoms with Gasteiger partial charge in [0.1, 0.15) is 13.2 Å². The molecule has 6 heteroatoms. The topological polar surface area (TPSA) is 78.9 Å². The minimum absolute atomic E-state index is 0.0781. The number of allylic oxidation sites excluding steroid dienone is 10. The Labute approximate surface area is 466 Å². The van der Waals surface area contributed by atoms with Gasteiger partial charge in [0, 0.05) is 19.3 Å². The quantitative estimate of drug-likeness (QED) is 0.0261. The molecule has 436 valence electrons. The zero-order valence-corrected chi connectivity index (χ0v) is 50.1. The van der Waals surface area contributed by atoms with E-state index in [4.69, 9.17) is 14.2 Å². The molecule has 0 heterocycles. The van der Waals surface area contributed by atoms with E-state index in [1.54, 1.807) is 0 Å². The van der Waals surface area contributed by atoms with Crippen molar-refractivity contribution in [2.45, 2.75) is 348 Å². The molecule has 0 rings (SSSR count). The van der Waals surface area contributed by atoms with Crippen molar-refractivity contribution in [1.82, 2.24) is 0 Å². The zero-order chi connectivity index (χ0) is 54.3. The van der Waals surface area contributed by atoms with Crippen LogP contribution in [0.15, 0.2) is 60.8 Å². The van der Waals surface area contributed by atoms with Gasteiger partial charge in [0.2, 0.25) is 0 Å².